The third kappa shape index (κ3) is 2.68. The summed E-state index contributed by atoms with van der Waals surface area (Å²) in [6.45, 7) is 1.04. The normalized spacial score (nSPS) is 19.4. The highest BCUT2D eigenvalue weighted by atomic mass is 16.7. The van der Waals surface area contributed by atoms with Crippen molar-refractivity contribution < 1.29 is 19.0 Å². The Bertz CT molecular complexity index is 217. The third-order valence-corrected chi connectivity index (χ3v) is 1.76. The first kappa shape index (κ1) is 9.96. The molecule has 1 heterocycles. The minimum atomic E-state index is -0.798. The average Bonchev–Trinajstić information content (AvgIpc) is 2.65. The van der Waals surface area contributed by atoms with Crippen molar-refractivity contribution in [2.75, 3.05) is 20.3 Å². The topological polar surface area (TPSA) is 68.6 Å². The minimum Gasteiger partial charge on any atom is -0.468 e. The first-order valence-electron chi connectivity index (χ1n) is 3.98. The molecule has 0 saturated carbocycles. The van der Waals surface area contributed by atoms with Crippen molar-refractivity contribution in [3.63, 3.8) is 0 Å². The molecule has 13 heavy (non-hydrogen) atoms. The Morgan fingerprint density at radius 3 is 2.77 bits per heavy atom. The molecule has 0 aliphatic carbocycles. The number of nitriles is 1. The van der Waals surface area contributed by atoms with Gasteiger partial charge in [-0.05, 0) is 0 Å². The summed E-state index contributed by atoms with van der Waals surface area (Å²) < 4.78 is 14.6. The summed E-state index contributed by atoms with van der Waals surface area (Å²) >= 11 is 0. The summed E-state index contributed by atoms with van der Waals surface area (Å²) in [5.41, 5.74) is 0. The lowest BCUT2D eigenvalue weighted by molar-refractivity contribution is -0.146. The lowest BCUT2D eigenvalue weighted by Crippen LogP contribution is -2.21. The van der Waals surface area contributed by atoms with E-state index in [-0.39, 0.29) is 6.42 Å². The number of esters is 1. The van der Waals surface area contributed by atoms with Gasteiger partial charge >= 0.3 is 5.97 Å². The van der Waals surface area contributed by atoms with Gasteiger partial charge in [0, 0.05) is 6.42 Å². The second-order valence-electron chi connectivity index (χ2n) is 2.61. The van der Waals surface area contributed by atoms with E-state index in [1.807, 2.05) is 6.07 Å². The van der Waals surface area contributed by atoms with Crippen LogP contribution in [0.2, 0.25) is 0 Å². The molecule has 1 aliphatic rings. The quantitative estimate of drug-likeness (QED) is 0.581. The molecule has 0 aromatic carbocycles. The van der Waals surface area contributed by atoms with E-state index >= 15 is 0 Å². The van der Waals surface area contributed by atoms with Gasteiger partial charge in [-0.15, -0.1) is 0 Å². The molecular weight excluding hydrogens is 174 g/mol. The average molecular weight is 185 g/mol. The van der Waals surface area contributed by atoms with E-state index in [1.165, 1.54) is 7.11 Å². The maximum Gasteiger partial charge on any atom is 0.323 e. The van der Waals surface area contributed by atoms with Gasteiger partial charge in [0.1, 0.15) is 5.92 Å². The Hall–Kier alpha value is -1.12. The summed E-state index contributed by atoms with van der Waals surface area (Å²) in [5, 5.41) is 8.63. The Balaban J connectivity index is 2.39. The zero-order chi connectivity index (χ0) is 9.68. The smallest absolute Gasteiger partial charge is 0.323 e. The molecular formula is C8H11NO4. The molecule has 0 N–H and O–H groups in total. The van der Waals surface area contributed by atoms with Crippen molar-refractivity contribution in [2.45, 2.75) is 12.7 Å². The van der Waals surface area contributed by atoms with Gasteiger partial charge in [-0.3, -0.25) is 4.79 Å². The molecule has 0 aromatic heterocycles. The Labute approximate surface area is 76.2 Å². The lowest BCUT2D eigenvalue weighted by atomic mass is 10.1. The fourth-order valence-electron chi connectivity index (χ4n) is 1.08. The number of carbonyl (C=O) groups excluding carboxylic acids is 1. The van der Waals surface area contributed by atoms with Gasteiger partial charge in [-0.25, -0.2) is 0 Å². The first-order valence-corrected chi connectivity index (χ1v) is 3.98. The third-order valence-electron chi connectivity index (χ3n) is 1.76. The molecule has 0 bridgehead atoms. The van der Waals surface area contributed by atoms with Crippen LogP contribution in [0.1, 0.15) is 6.42 Å². The molecule has 1 rings (SSSR count). The number of hydrogen-bond donors (Lipinski definition) is 0. The van der Waals surface area contributed by atoms with E-state index in [0.717, 1.165) is 0 Å². The second-order valence-corrected chi connectivity index (χ2v) is 2.61. The van der Waals surface area contributed by atoms with Crippen molar-refractivity contribution >= 4 is 5.97 Å². The molecule has 1 unspecified atom stereocenters. The molecule has 1 atom stereocenters. The number of methoxy groups -OCH3 is 1. The fourth-order valence-corrected chi connectivity index (χ4v) is 1.08. The highest BCUT2D eigenvalue weighted by molar-refractivity contribution is 5.74. The van der Waals surface area contributed by atoms with Crippen molar-refractivity contribution in [3.8, 4) is 6.07 Å². The van der Waals surface area contributed by atoms with Crippen molar-refractivity contribution in [2.24, 2.45) is 5.92 Å². The van der Waals surface area contributed by atoms with Crippen molar-refractivity contribution in [3.05, 3.63) is 0 Å². The molecule has 72 valence electrons. The predicted molar refractivity (Wildman–Crippen MR) is 41.4 cm³/mol. The Kier molecular flexibility index (Phi) is 3.68. The van der Waals surface area contributed by atoms with Crippen LogP contribution in [0.25, 0.3) is 0 Å². The maximum absolute atomic E-state index is 11.0. The van der Waals surface area contributed by atoms with E-state index in [4.69, 9.17) is 14.7 Å². The summed E-state index contributed by atoms with van der Waals surface area (Å²) in [5.74, 6) is -1.34. The summed E-state index contributed by atoms with van der Waals surface area (Å²) in [7, 11) is 1.25. The maximum atomic E-state index is 11.0. The summed E-state index contributed by atoms with van der Waals surface area (Å²) in [4.78, 5) is 11.0. The second kappa shape index (κ2) is 4.80. The van der Waals surface area contributed by atoms with Gasteiger partial charge in [0.25, 0.3) is 0 Å². The van der Waals surface area contributed by atoms with Crippen LogP contribution in [0.15, 0.2) is 0 Å². The highest BCUT2D eigenvalue weighted by Gasteiger charge is 2.26. The molecule has 1 aliphatic heterocycles. The molecule has 5 heteroatoms. The van der Waals surface area contributed by atoms with Gasteiger partial charge < -0.3 is 14.2 Å². The van der Waals surface area contributed by atoms with E-state index in [9.17, 15) is 4.79 Å². The van der Waals surface area contributed by atoms with Crippen LogP contribution in [0, 0.1) is 17.2 Å². The zero-order valence-corrected chi connectivity index (χ0v) is 7.36. The Morgan fingerprint density at radius 1 is 1.69 bits per heavy atom. The van der Waals surface area contributed by atoms with Crippen LogP contribution in [0.4, 0.5) is 0 Å². The Morgan fingerprint density at radius 2 is 2.31 bits per heavy atom. The summed E-state index contributed by atoms with van der Waals surface area (Å²) in [6.07, 6.45) is -0.202. The molecule has 5 nitrogen and oxygen atoms in total. The standard InChI is InChI=1S/C8H11NO4/c1-11-8(10)6(5-9)4-7-12-2-3-13-7/h6-7H,2-4H2,1H3. The van der Waals surface area contributed by atoms with E-state index in [1.54, 1.807) is 0 Å². The van der Waals surface area contributed by atoms with Crippen LogP contribution in [-0.2, 0) is 19.0 Å². The highest BCUT2D eigenvalue weighted by Crippen LogP contribution is 2.15. The van der Waals surface area contributed by atoms with Gasteiger partial charge in [0.15, 0.2) is 6.29 Å². The largest absolute Gasteiger partial charge is 0.468 e. The molecule has 0 radical (unpaired) electrons. The minimum absolute atomic E-state index is 0.239. The van der Waals surface area contributed by atoms with Crippen molar-refractivity contribution in [1.82, 2.24) is 0 Å². The lowest BCUT2D eigenvalue weighted by Gasteiger charge is -2.11. The van der Waals surface area contributed by atoms with E-state index in [2.05, 4.69) is 4.74 Å². The van der Waals surface area contributed by atoms with Gasteiger partial charge in [0.2, 0.25) is 0 Å². The number of rotatable bonds is 3. The molecule has 0 aromatic rings. The zero-order valence-electron chi connectivity index (χ0n) is 7.36. The molecule has 1 fully saturated rings. The fraction of sp³-hybridized carbons (Fsp3) is 0.750. The molecule has 1 saturated heterocycles. The van der Waals surface area contributed by atoms with Crippen LogP contribution >= 0.6 is 0 Å². The SMILES string of the molecule is COC(=O)C(C#N)CC1OCCO1. The van der Waals surface area contributed by atoms with Gasteiger partial charge in [-0.1, -0.05) is 0 Å². The van der Waals surface area contributed by atoms with E-state index < -0.39 is 18.2 Å². The molecule has 0 spiro atoms. The first-order chi connectivity index (χ1) is 6.27. The van der Waals surface area contributed by atoms with Gasteiger partial charge in [-0.2, -0.15) is 5.26 Å². The number of nitrogens with zero attached hydrogens (tertiary/aromatic N) is 1. The van der Waals surface area contributed by atoms with Gasteiger partial charge in [0.05, 0.1) is 26.4 Å². The summed E-state index contributed by atoms with van der Waals surface area (Å²) in [6, 6.07) is 1.85. The van der Waals surface area contributed by atoms with Crippen LogP contribution in [-0.4, -0.2) is 32.6 Å². The number of hydrogen-bond acceptors (Lipinski definition) is 5. The van der Waals surface area contributed by atoms with Crippen LogP contribution in [0.3, 0.4) is 0 Å². The number of carbonyl (C=O) groups is 1. The van der Waals surface area contributed by atoms with E-state index in [0.29, 0.717) is 13.2 Å². The predicted octanol–water partition coefficient (Wildman–Crippen LogP) is 0.0622. The monoisotopic (exact) mass is 185 g/mol. The number of ether oxygens (including phenoxy) is 3. The molecule has 0 amide bonds. The van der Waals surface area contributed by atoms with Crippen LogP contribution < -0.4 is 0 Å². The van der Waals surface area contributed by atoms with Crippen LogP contribution in [0.5, 0.6) is 0 Å². The van der Waals surface area contributed by atoms with Crippen molar-refractivity contribution in [1.29, 1.82) is 5.26 Å².